The monoisotopic (exact) mass is 365 g/mol. The third-order valence-corrected chi connectivity index (χ3v) is 5.75. The minimum atomic E-state index is -0.925. The van der Waals surface area contributed by atoms with Crippen molar-refractivity contribution in [1.29, 1.82) is 0 Å². The van der Waals surface area contributed by atoms with Crippen LogP contribution < -0.4 is 10.6 Å². The number of fused-ring (bicyclic) bond motifs is 1. The lowest BCUT2D eigenvalue weighted by molar-refractivity contribution is 0.0698. The van der Waals surface area contributed by atoms with Crippen LogP contribution in [0.2, 0.25) is 0 Å². The van der Waals surface area contributed by atoms with Gasteiger partial charge in [-0.2, -0.15) is 0 Å². The van der Waals surface area contributed by atoms with Gasteiger partial charge in [0.2, 0.25) is 0 Å². The summed E-state index contributed by atoms with van der Waals surface area (Å²) < 4.78 is 0. The number of benzene rings is 1. The molecule has 1 saturated carbocycles. The van der Waals surface area contributed by atoms with Gasteiger partial charge in [-0.1, -0.05) is 18.9 Å². The van der Waals surface area contributed by atoms with Crippen molar-refractivity contribution in [3.05, 3.63) is 53.3 Å². The summed E-state index contributed by atoms with van der Waals surface area (Å²) in [5, 5.41) is 16.2. The molecule has 0 bridgehead atoms. The van der Waals surface area contributed by atoms with E-state index in [0.29, 0.717) is 11.6 Å². The Bertz CT molecular complexity index is 817. The third kappa shape index (κ3) is 4.41. The first kappa shape index (κ1) is 17.8. The highest BCUT2D eigenvalue weighted by molar-refractivity contribution is 5.93. The van der Waals surface area contributed by atoms with Crippen LogP contribution >= 0.6 is 0 Å². The Balaban J connectivity index is 1.41. The van der Waals surface area contributed by atoms with Gasteiger partial charge in [0, 0.05) is 30.9 Å². The van der Waals surface area contributed by atoms with Crippen LogP contribution in [0, 0.1) is 5.92 Å². The van der Waals surface area contributed by atoms with Crippen LogP contribution in [0.3, 0.4) is 0 Å². The minimum Gasteiger partial charge on any atom is -0.478 e. The van der Waals surface area contributed by atoms with E-state index in [2.05, 4.69) is 33.8 Å². The summed E-state index contributed by atoms with van der Waals surface area (Å²) in [6.07, 6.45) is 10.6. The van der Waals surface area contributed by atoms with Crippen LogP contribution in [0.15, 0.2) is 36.7 Å². The highest BCUT2D eigenvalue weighted by Gasteiger charge is 2.22. The van der Waals surface area contributed by atoms with Crippen molar-refractivity contribution in [2.45, 2.75) is 44.4 Å². The lowest BCUT2D eigenvalue weighted by Gasteiger charge is -2.27. The van der Waals surface area contributed by atoms with Gasteiger partial charge in [-0.25, -0.2) is 4.79 Å². The van der Waals surface area contributed by atoms with E-state index in [0.717, 1.165) is 31.8 Å². The number of nitrogens with one attached hydrogen (secondary N) is 2. The molecule has 0 unspecified atom stereocenters. The lowest BCUT2D eigenvalue weighted by Crippen LogP contribution is -2.19. The van der Waals surface area contributed by atoms with E-state index in [1.165, 1.54) is 48.7 Å². The van der Waals surface area contributed by atoms with Gasteiger partial charge in [0.05, 0.1) is 17.4 Å². The first-order valence-electron chi connectivity index (χ1n) is 9.98. The van der Waals surface area contributed by atoms with Gasteiger partial charge >= 0.3 is 5.97 Å². The van der Waals surface area contributed by atoms with E-state index in [1.807, 2.05) is 0 Å². The smallest absolute Gasteiger partial charge is 0.337 e. The zero-order valence-corrected chi connectivity index (χ0v) is 15.6. The molecule has 0 aliphatic heterocycles. The van der Waals surface area contributed by atoms with Crippen molar-refractivity contribution >= 4 is 17.3 Å². The Hall–Kier alpha value is -2.56. The number of rotatable bonds is 8. The fourth-order valence-electron chi connectivity index (χ4n) is 4.02. The fraction of sp³-hybridized carbons (Fsp3) is 0.455. The molecule has 0 saturated heterocycles. The topological polar surface area (TPSA) is 74.2 Å². The highest BCUT2D eigenvalue weighted by Crippen LogP contribution is 2.34. The van der Waals surface area contributed by atoms with Crippen molar-refractivity contribution in [1.82, 2.24) is 4.98 Å². The SMILES string of the molecule is O=C(O)c1ccncc1NC[C@@H]1CCCc2cc(NCCC3CC3)ccc21. The fourth-order valence-corrected chi connectivity index (χ4v) is 4.02. The molecular weight excluding hydrogens is 338 g/mol. The van der Waals surface area contributed by atoms with E-state index in [4.69, 9.17) is 0 Å². The summed E-state index contributed by atoms with van der Waals surface area (Å²) in [5.41, 5.74) is 4.91. The molecular formula is C22H27N3O2. The largest absolute Gasteiger partial charge is 0.478 e. The lowest BCUT2D eigenvalue weighted by atomic mass is 9.82. The van der Waals surface area contributed by atoms with Gasteiger partial charge in [-0.3, -0.25) is 4.98 Å². The average molecular weight is 365 g/mol. The molecule has 0 amide bonds. The summed E-state index contributed by atoms with van der Waals surface area (Å²) >= 11 is 0. The number of carbonyl (C=O) groups is 1. The number of carboxylic acid groups (broad SMARTS) is 1. The van der Waals surface area contributed by atoms with Gasteiger partial charge < -0.3 is 15.7 Å². The van der Waals surface area contributed by atoms with E-state index in [-0.39, 0.29) is 5.56 Å². The van der Waals surface area contributed by atoms with Gasteiger partial charge in [-0.05, 0) is 60.9 Å². The Labute approximate surface area is 160 Å². The van der Waals surface area contributed by atoms with Crippen LogP contribution in [-0.4, -0.2) is 29.1 Å². The number of aromatic carboxylic acids is 1. The van der Waals surface area contributed by atoms with Crippen molar-refractivity contribution in [3.8, 4) is 0 Å². The summed E-state index contributed by atoms with van der Waals surface area (Å²) in [6.45, 7) is 1.79. The first-order valence-corrected chi connectivity index (χ1v) is 9.98. The van der Waals surface area contributed by atoms with Crippen LogP contribution in [0.5, 0.6) is 0 Å². The highest BCUT2D eigenvalue weighted by atomic mass is 16.4. The number of hydrogen-bond donors (Lipinski definition) is 3. The zero-order valence-electron chi connectivity index (χ0n) is 15.6. The van der Waals surface area contributed by atoms with E-state index in [1.54, 1.807) is 12.3 Å². The summed E-state index contributed by atoms with van der Waals surface area (Å²) in [4.78, 5) is 15.4. The van der Waals surface area contributed by atoms with Gasteiger partial charge in [0.15, 0.2) is 0 Å². The van der Waals surface area contributed by atoms with E-state index < -0.39 is 5.97 Å². The normalized spacial score (nSPS) is 18.6. The van der Waals surface area contributed by atoms with Gasteiger partial charge in [0.25, 0.3) is 0 Å². The van der Waals surface area contributed by atoms with E-state index >= 15 is 0 Å². The third-order valence-electron chi connectivity index (χ3n) is 5.75. The molecule has 4 rings (SSSR count). The molecule has 5 heteroatoms. The Kier molecular flexibility index (Phi) is 5.28. The predicted molar refractivity (Wildman–Crippen MR) is 108 cm³/mol. The second-order valence-corrected chi connectivity index (χ2v) is 7.77. The Morgan fingerprint density at radius 3 is 2.89 bits per heavy atom. The van der Waals surface area contributed by atoms with Gasteiger partial charge in [-0.15, -0.1) is 0 Å². The van der Waals surface area contributed by atoms with Gasteiger partial charge in [0.1, 0.15) is 0 Å². The molecule has 1 aromatic carbocycles. The molecule has 27 heavy (non-hydrogen) atoms. The van der Waals surface area contributed by atoms with Crippen LogP contribution in [0.4, 0.5) is 11.4 Å². The quantitative estimate of drug-likeness (QED) is 0.641. The molecule has 142 valence electrons. The molecule has 2 aromatic rings. The molecule has 1 atom stereocenters. The number of aromatic nitrogens is 1. The van der Waals surface area contributed by atoms with Crippen molar-refractivity contribution in [2.75, 3.05) is 23.7 Å². The zero-order chi connectivity index (χ0) is 18.6. The van der Waals surface area contributed by atoms with E-state index in [9.17, 15) is 9.90 Å². The number of pyridine rings is 1. The molecule has 1 aromatic heterocycles. The van der Waals surface area contributed by atoms with Crippen LogP contribution in [0.25, 0.3) is 0 Å². The molecule has 0 radical (unpaired) electrons. The van der Waals surface area contributed by atoms with Crippen LogP contribution in [-0.2, 0) is 6.42 Å². The van der Waals surface area contributed by atoms with Crippen molar-refractivity contribution in [2.24, 2.45) is 5.92 Å². The molecule has 2 aliphatic rings. The first-order chi connectivity index (χ1) is 13.2. The van der Waals surface area contributed by atoms with Crippen molar-refractivity contribution < 1.29 is 9.90 Å². The maximum absolute atomic E-state index is 11.4. The Morgan fingerprint density at radius 2 is 2.07 bits per heavy atom. The number of hydrogen-bond acceptors (Lipinski definition) is 4. The molecule has 0 spiro atoms. The second-order valence-electron chi connectivity index (χ2n) is 7.77. The van der Waals surface area contributed by atoms with Crippen molar-refractivity contribution in [3.63, 3.8) is 0 Å². The molecule has 1 fully saturated rings. The predicted octanol–water partition coefficient (Wildman–Crippen LogP) is 4.52. The Morgan fingerprint density at radius 1 is 1.19 bits per heavy atom. The number of nitrogens with zero attached hydrogens (tertiary/aromatic N) is 1. The molecule has 1 heterocycles. The second kappa shape index (κ2) is 7.99. The molecule has 2 aliphatic carbocycles. The minimum absolute atomic E-state index is 0.274. The summed E-state index contributed by atoms with van der Waals surface area (Å²) in [6, 6.07) is 8.29. The molecule has 3 N–H and O–H groups in total. The average Bonchev–Trinajstić information content (AvgIpc) is 3.50. The maximum Gasteiger partial charge on any atom is 0.337 e. The number of carboxylic acids is 1. The maximum atomic E-state index is 11.4. The number of aryl methyl sites for hydroxylation is 1. The summed E-state index contributed by atoms with van der Waals surface area (Å²) in [7, 11) is 0. The van der Waals surface area contributed by atoms with Crippen LogP contribution in [0.1, 0.15) is 59.5 Å². The molecule has 5 nitrogen and oxygen atoms in total. The standard InChI is InChI=1S/C22H27N3O2/c26-22(27)20-9-10-23-14-21(20)25-13-17-3-1-2-16-12-18(6-7-19(16)17)24-11-8-15-4-5-15/h6-7,9-10,12,14-15,17,24-25H,1-5,8,11,13H2,(H,26,27)/t17-/m0/s1. The number of anilines is 2. The summed E-state index contributed by atoms with van der Waals surface area (Å²) in [5.74, 6) is 0.427.